The van der Waals surface area contributed by atoms with Crippen LogP contribution in [0.2, 0.25) is 0 Å². The highest BCUT2D eigenvalue weighted by Crippen LogP contribution is 2.39. The van der Waals surface area contributed by atoms with E-state index in [9.17, 15) is 0 Å². The third kappa shape index (κ3) is 2.73. The SMILES string of the molecule is CC1(C)OB(c2ccc(-c3ccc4c(c3)Cc3ccccc3-4)cc2)OC1(C)C. The molecule has 0 N–H and O–H groups in total. The molecule has 0 radical (unpaired) electrons. The van der Waals surface area contributed by atoms with Crippen molar-refractivity contribution < 1.29 is 9.31 Å². The van der Waals surface area contributed by atoms with Gasteiger partial charge in [-0.2, -0.15) is 0 Å². The van der Waals surface area contributed by atoms with Crippen molar-refractivity contribution in [2.24, 2.45) is 0 Å². The molecule has 1 aliphatic carbocycles. The molecule has 0 atom stereocenters. The summed E-state index contributed by atoms with van der Waals surface area (Å²) in [4.78, 5) is 0. The van der Waals surface area contributed by atoms with E-state index in [1.54, 1.807) is 0 Å². The normalized spacial score (nSPS) is 18.8. The van der Waals surface area contributed by atoms with Crippen LogP contribution in [0.15, 0.2) is 66.7 Å². The molecule has 0 amide bonds. The van der Waals surface area contributed by atoms with Gasteiger partial charge in [0.15, 0.2) is 0 Å². The van der Waals surface area contributed by atoms with Crippen LogP contribution in [0.5, 0.6) is 0 Å². The van der Waals surface area contributed by atoms with E-state index in [1.165, 1.54) is 33.4 Å². The van der Waals surface area contributed by atoms with Crippen LogP contribution in [0, 0.1) is 0 Å². The van der Waals surface area contributed by atoms with Crippen molar-refractivity contribution >= 4 is 12.6 Å². The van der Waals surface area contributed by atoms with Crippen molar-refractivity contribution in [2.45, 2.75) is 45.3 Å². The zero-order valence-corrected chi connectivity index (χ0v) is 17.0. The minimum absolute atomic E-state index is 0.312. The lowest BCUT2D eigenvalue weighted by atomic mass is 9.78. The third-order valence-corrected chi connectivity index (χ3v) is 6.56. The summed E-state index contributed by atoms with van der Waals surface area (Å²) in [5.74, 6) is 0. The van der Waals surface area contributed by atoms with Gasteiger partial charge in [-0.15, -0.1) is 0 Å². The monoisotopic (exact) mass is 368 g/mol. The Morgan fingerprint density at radius 1 is 0.679 bits per heavy atom. The standard InChI is InChI=1S/C25H25BO2/c1-24(2)25(3,4)28-26(27-24)21-12-9-17(10-13-21)18-11-14-23-20(15-18)16-19-7-5-6-8-22(19)23/h5-15H,16H2,1-4H3. The summed E-state index contributed by atoms with van der Waals surface area (Å²) in [7, 11) is -0.312. The van der Waals surface area contributed by atoms with Crippen molar-refractivity contribution in [2.75, 3.05) is 0 Å². The van der Waals surface area contributed by atoms with E-state index in [4.69, 9.17) is 9.31 Å². The molecule has 2 aliphatic rings. The lowest BCUT2D eigenvalue weighted by Crippen LogP contribution is -2.41. The highest BCUT2D eigenvalue weighted by Gasteiger charge is 2.51. The molecule has 3 heteroatoms. The van der Waals surface area contributed by atoms with Gasteiger partial charge in [-0.05, 0) is 73.0 Å². The molecule has 1 saturated heterocycles. The van der Waals surface area contributed by atoms with E-state index in [2.05, 4.69) is 94.4 Å². The molecule has 0 bridgehead atoms. The highest BCUT2D eigenvalue weighted by atomic mass is 16.7. The predicted octanol–water partition coefficient (Wildman–Crippen LogP) is 5.22. The van der Waals surface area contributed by atoms with Gasteiger partial charge in [0.05, 0.1) is 11.2 Å². The molecule has 3 aromatic carbocycles. The van der Waals surface area contributed by atoms with Crippen molar-refractivity contribution in [3.05, 3.63) is 77.9 Å². The van der Waals surface area contributed by atoms with Crippen molar-refractivity contribution in [3.8, 4) is 22.3 Å². The number of benzene rings is 3. The van der Waals surface area contributed by atoms with Crippen molar-refractivity contribution in [3.63, 3.8) is 0 Å². The lowest BCUT2D eigenvalue weighted by molar-refractivity contribution is 0.00578. The van der Waals surface area contributed by atoms with Crippen LogP contribution in [-0.4, -0.2) is 18.3 Å². The van der Waals surface area contributed by atoms with E-state index in [0.717, 1.165) is 11.9 Å². The molecular weight excluding hydrogens is 343 g/mol. The van der Waals surface area contributed by atoms with Gasteiger partial charge in [0.1, 0.15) is 0 Å². The Hall–Kier alpha value is -2.36. The number of hydrogen-bond donors (Lipinski definition) is 0. The first kappa shape index (κ1) is 17.7. The minimum atomic E-state index is -0.314. The van der Waals surface area contributed by atoms with Crippen LogP contribution in [0.25, 0.3) is 22.3 Å². The fourth-order valence-corrected chi connectivity index (χ4v) is 4.14. The van der Waals surface area contributed by atoms with Gasteiger partial charge in [0, 0.05) is 0 Å². The summed E-state index contributed by atoms with van der Waals surface area (Å²) >= 11 is 0. The second-order valence-corrected chi connectivity index (χ2v) is 8.92. The van der Waals surface area contributed by atoms with E-state index in [0.29, 0.717) is 0 Å². The average Bonchev–Trinajstić information content (AvgIpc) is 3.15. The van der Waals surface area contributed by atoms with Gasteiger partial charge in [0.25, 0.3) is 0 Å². The van der Waals surface area contributed by atoms with Crippen molar-refractivity contribution in [1.82, 2.24) is 0 Å². The number of rotatable bonds is 2. The third-order valence-electron chi connectivity index (χ3n) is 6.56. The Balaban J connectivity index is 1.41. The van der Waals surface area contributed by atoms with E-state index in [-0.39, 0.29) is 18.3 Å². The molecule has 28 heavy (non-hydrogen) atoms. The Kier molecular flexibility index (Phi) is 3.84. The summed E-state index contributed by atoms with van der Waals surface area (Å²) in [6.45, 7) is 8.35. The van der Waals surface area contributed by atoms with E-state index < -0.39 is 0 Å². The maximum atomic E-state index is 6.17. The molecule has 1 heterocycles. The zero-order chi connectivity index (χ0) is 19.5. The van der Waals surface area contributed by atoms with Gasteiger partial charge < -0.3 is 9.31 Å². The zero-order valence-electron chi connectivity index (χ0n) is 17.0. The predicted molar refractivity (Wildman–Crippen MR) is 116 cm³/mol. The van der Waals surface area contributed by atoms with Crippen LogP contribution in [-0.2, 0) is 15.7 Å². The summed E-state index contributed by atoms with van der Waals surface area (Å²) in [6, 6.07) is 24.1. The van der Waals surface area contributed by atoms with Gasteiger partial charge in [0.2, 0.25) is 0 Å². The summed E-state index contributed by atoms with van der Waals surface area (Å²) in [5, 5.41) is 0. The van der Waals surface area contributed by atoms with Crippen LogP contribution in [0.1, 0.15) is 38.8 Å². The second kappa shape index (κ2) is 6.07. The summed E-state index contributed by atoms with van der Waals surface area (Å²) in [6.07, 6.45) is 1.02. The minimum Gasteiger partial charge on any atom is -0.399 e. The van der Waals surface area contributed by atoms with Crippen molar-refractivity contribution in [1.29, 1.82) is 0 Å². The average molecular weight is 368 g/mol. The Bertz CT molecular complexity index is 1030. The molecule has 5 rings (SSSR count). The van der Waals surface area contributed by atoms with Gasteiger partial charge >= 0.3 is 7.12 Å². The maximum absolute atomic E-state index is 6.17. The fraction of sp³-hybridized carbons (Fsp3) is 0.280. The Morgan fingerprint density at radius 2 is 1.29 bits per heavy atom. The van der Waals surface area contributed by atoms with E-state index >= 15 is 0 Å². The molecule has 1 aliphatic heterocycles. The fourth-order valence-electron chi connectivity index (χ4n) is 4.14. The molecule has 3 aromatic rings. The topological polar surface area (TPSA) is 18.5 Å². The molecule has 2 nitrogen and oxygen atoms in total. The highest BCUT2D eigenvalue weighted by molar-refractivity contribution is 6.62. The van der Waals surface area contributed by atoms with Crippen LogP contribution >= 0.6 is 0 Å². The quantitative estimate of drug-likeness (QED) is 0.452. The number of fused-ring (bicyclic) bond motifs is 3. The molecule has 0 unspecified atom stereocenters. The first-order valence-corrected chi connectivity index (χ1v) is 10.0. The largest absolute Gasteiger partial charge is 0.494 e. The molecule has 0 spiro atoms. The van der Waals surface area contributed by atoms with Crippen LogP contribution in [0.3, 0.4) is 0 Å². The van der Waals surface area contributed by atoms with Gasteiger partial charge in [-0.1, -0.05) is 66.7 Å². The second-order valence-electron chi connectivity index (χ2n) is 8.92. The first-order valence-electron chi connectivity index (χ1n) is 10.0. The van der Waals surface area contributed by atoms with Crippen LogP contribution < -0.4 is 5.46 Å². The molecular formula is C25H25BO2. The van der Waals surface area contributed by atoms with Gasteiger partial charge in [-0.3, -0.25) is 0 Å². The smallest absolute Gasteiger partial charge is 0.399 e. The lowest BCUT2D eigenvalue weighted by Gasteiger charge is -2.32. The molecule has 0 aromatic heterocycles. The molecule has 1 fully saturated rings. The maximum Gasteiger partial charge on any atom is 0.494 e. The summed E-state index contributed by atoms with van der Waals surface area (Å²) < 4.78 is 12.3. The number of hydrogen-bond acceptors (Lipinski definition) is 2. The van der Waals surface area contributed by atoms with Gasteiger partial charge in [-0.25, -0.2) is 0 Å². The van der Waals surface area contributed by atoms with E-state index in [1.807, 2.05) is 0 Å². The Morgan fingerprint density at radius 3 is 2.00 bits per heavy atom. The Labute approximate surface area is 167 Å². The first-order chi connectivity index (χ1) is 13.3. The summed E-state index contributed by atoms with van der Waals surface area (Å²) in [5.41, 5.74) is 8.49. The van der Waals surface area contributed by atoms with Crippen LogP contribution in [0.4, 0.5) is 0 Å². The molecule has 140 valence electrons. The molecule has 0 saturated carbocycles.